The van der Waals surface area contributed by atoms with Crippen LogP contribution in [0.25, 0.3) is 0 Å². The monoisotopic (exact) mass is 217 g/mol. The van der Waals surface area contributed by atoms with Crippen molar-refractivity contribution < 1.29 is 19.4 Å². The Morgan fingerprint density at radius 2 is 2.07 bits per heavy atom. The van der Waals surface area contributed by atoms with Gasteiger partial charge < -0.3 is 15.6 Å². The number of ketones is 1. The van der Waals surface area contributed by atoms with E-state index in [1.54, 1.807) is 0 Å². The van der Waals surface area contributed by atoms with Crippen molar-refractivity contribution in [2.75, 3.05) is 13.2 Å². The van der Waals surface area contributed by atoms with E-state index in [1.807, 2.05) is 0 Å². The zero-order chi connectivity index (χ0) is 11.7. The molecule has 5 heteroatoms. The summed E-state index contributed by atoms with van der Waals surface area (Å²) >= 11 is 0. The number of carboxylic acid groups (broad SMARTS) is 1. The second kappa shape index (κ2) is 8.38. The van der Waals surface area contributed by atoms with Crippen molar-refractivity contribution in [3.63, 3.8) is 0 Å². The molecule has 5 nitrogen and oxygen atoms in total. The van der Waals surface area contributed by atoms with Crippen molar-refractivity contribution in [1.29, 1.82) is 0 Å². The van der Waals surface area contributed by atoms with Crippen LogP contribution in [-0.2, 0) is 14.3 Å². The first kappa shape index (κ1) is 14.1. The lowest BCUT2D eigenvalue weighted by atomic mass is 10.1. The lowest BCUT2D eigenvalue weighted by Crippen LogP contribution is -2.33. The maximum Gasteiger partial charge on any atom is 0.320 e. The maximum atomic E-state index is 11.1. The molecular weight excluding hydrogens is 198 g/mol. The molecule has 0 aromatic carbocycles. The Morgan fingerprint density at radius 1 is 1.40 bits per heavy atom. The third kappa shape index (κ3) is 8.08. The summed E-state index contributed by atoms with van der Waals surface area (Å²) in [5.41, 5.74) is 5.19. The molecule has 0 saturated carbocycles. The summed E-state index contributed by atoms with van der Waals surface area (Å²) in [7, 11) is 0. The molecule has 0 spiro atoms. The number of hydrogen-bond acceptors (Lipinski definition) is 4. The summed E-state index contributed by atoms with van der Waals surface area (Å²) < 4.78 is 5.08. The number of carbonyl (C=O) groups is 2. The molecule has 0 aromatic rings. The van der Waals surface area contributed by atoms with Crippen molar-refractivity contribution in [2.45, 2.75) is 38.6 Å². The minimum atomic E-state index is -1.16. The van der Waals surface area contributed by atoms with Crippen molar-refractivity contribution in [3.05, 3.63) is 0 Å². The van der Waals surface area contributed by atoms with Gasteiger partial charge in [-0.1, -0.05) is 19.8 Å². The zero-order valence-electron chi connectivity index (χ0n) is 9.07. The van der Waals surface area contributed by atoms with Gasteiger partial charge in [-0.05, 0) is 6.42 Å². The molecule has 0 aromatic heterocycles. The van der Waals surface area contributed by atoms with Crippen LogP contribution in [0, 0.1) is 0 Å². The van der Waals surface area contributed by atoms with Gasteiger partial charge >= 0.3 is 5.97 Å². The van der Waals surface area contributed by atoms with E-state index in [2.05, 4.69) is 6.92 Å². The highest BCUT2D eigenvalue weighted by Gasteiger charge is 2.15. The van der Waals surface area contributed by atoms with E-state index in [-0.39, 0.29) is 18.8 Å². The largest absolute Gasteiger partial charge is 0.480 e. The van der Waals surface area contributed by atoms with Gasteiger partial charge in [-0.15, -0.1) is 0 Å². The second-order valence-electron chi connectivity index (χ2n) is 3.45. The van der Waals surface area contributed by atoms with E-state index in [9.17, 15) is 9.59 Å². The predicted octanol–water partition coefficient (Wildman–Crippen LogP) is 0.564. The summed E-state index contributed by atoms with van der Waals surface area (Å²) in [5.74, 6) is -1.42. The molecule has 0 saturated heterocycles. The number of rotatable bonds is 9. The normalized spacial score (nSPS) is 12.4. The fourth-order valence-corrected chi connectivity index (χ4v) is 1.03. The molecule has 0 radical (unpaired) electrons. The molecule has 1 atom stereocenters. The Morgan fingerprint density at radius 3 is 2.60 bits per heavy atom. The molecule has 1 unspecified atom stereocenters. The lowest BCUT2D eigenvalue weighted by molar-refractivity contribution is -0.140. The number of carboxylic acids is 1. The molecule has 0 rings (SSSR count). The Bertz CT molecular complexity index is 206. The van der Waals surface area contributed by atoms with Crippen LogP contribution < -0.4 is 5.73 Å². The first-order valence-electron chi connectivity index (χ1n) is 5.15. The fourth-order valence-electron chi connectivity index (χ4n) is 1.03. The van der Waals surface area contributed by atoms with E-state index in [4.69, 9.17) is 15.6 Å². The first-order valence-corrected chi connectivity index (χ1v) is 5.15. The number of carbonyl (C=O) groups excluding carboxylic acids is 1. The number of aliphatic carboxylic acids is 1. The van der Waals surface area contributed by atoms with Gasteiger partial charge in [0, 0.05) is 13.0 Å². The average Bonchev–Trinajstić information content (AvgIpc) is 2.17. The molecule has 0 fully saturated rings. The molecule has 0 aliphatic heterocycles. The number of hydrogen-bond donors (Lipinski definition) is 2. The van der Waals surface area contributed by atoms with Crippen molar-refractivity contribution >= 4 is 11.8 Å². The molecule has 0 bridgehead atoms. The number of Topliss-reactive ketones (excluding diaryl/α,β-unsaturated/α-hetero) is 1. The van der Waals surface area contributed by atoms with Crippen LogP contribution in [0.15, 0.2) is 0 Å². The van der Waals surface area contributed by atoms with Gasteiger partial charge in [0.1, 0.15) is 12.6 Å². The molecule has 15 heavy (non-hydrogen) atoms. The summed E-state index contributed by atoms with van der Waals surface area (Å²) in [5, 5.41) is 8.45. The summed E-state index contributed by atoms with van der Waals surface area (Å²) in [4.78, 5) is 21.5. The predicted molar refractivity (Wildman–Crippen MR) is 55.6 cm³/mol. The van der Waals surface area contributed by atoms with E-state index in [1.165, 1.54) is 0 Å². The molecule has 0 amide bonds. The summed E-state index contributed by atoms with van der Waals surface area (Å²) in [6.07, 6.45) is 2.93. The van der Waals surface area contributed by atoms with E-state index < -0.39 is 12.0 Å². The van der Waals surface area contributed by atoms with Crippen LogP contribution in [-0.4, -0.2) is 36.1 Å². The van der Waals surface area contributed by atoms with Gasteiger partial charge in [0.2, 0.25) is 0 Å². The van der Waals surface area contributed by atoms with Crippen LogP contribution in [0.2, 0.25) is 0 Å². The first-order chi connectivity index (χ1) is 7.07. The van der Waals surface area contributed by atoms with Crippen LogP contribution >= 0.6 is 0 Å². The molecule has 88 valence electrons. The van der Waals surface area contributed by atoms with Gasteiger partial charge in [0.15, 0.2) is 5.78 Å². The van der Waals surface area contributed by atoms with E-state index >= 15 is 0 Å². The highest BCUT2D eigenvalue weighted by molar-refractivity contribution is 5.86. The molecule has 0 heterocycles. The molecule has 0 aliphatic rings. The van der Waals surface area contributed by atoms with Gasteiger partial charge in [0.25, 0.3) is 0 Å². The van der Waals surface area contributed by atoms with E-state index in [0.717, 1.165) is 19.3 Å². The minimum Gasteiger partial charge on any atom is -0.480 e. The molecular formula is C10H19NO4. The highest BCUT2D eigenvalue weighted by Crippen LogP contribution is 1.96. The standard InChI is InChI=1S/C10H19NO4/c1-2-3-4-5-15-7-8(12)6-9(11)10(13)14/h9H,2-7,11H2,1H3,(H,13,14). The third-order valence-electron chi connectivity index (χ3n) is 1.92. The maximum absolute atomic E-state index is 11.1. The quantitative estimate of drug-likeness (QED) is 0.551. The lowest BCUT2D eigenvalue weighted by Gasteiger charge is -2.06. The third-order valence-corrected chi connectivity index (χ3v) is 1.92. The minimum absolute atomic E-state index is 0.0370. The summed E-state index contributed by atoms with van der Waals surface area (Å²) in [6.45, 7) is 2.59. The number of unbranched alkanes of at least 4 members (excludes halogenated alkanes) is 2. The Kier molecular flexibility index (Phi) is 7.85. The van der Waals surface area contributed by atoms with E-state index in [0.29, 0.717) is 6.61 Å². The molecule has 3 N–H and O–H groups in total. The van der Waals surface area contributed by atoms with Crippen LogP contribution in [0.3, 0.4) is 0 Å². The SMILES string of the molecule is CCCCCOCC(=O)CC(N)C(=O)O. The van der Waals surface area contributed by atoms with Crippen molar-refractivity contribution in [1.82, 2.24) is 0 Å². The summed E-state index contributed by atoms with van der Waals surface area (Å²) in [6, 6.07) is -1.11. The Labute approximate surface area is 89.6 Å². The van der Waals surface area contributed by atoms with Crippen LogP contribution in [0.4, 0.5) is 0 Å². The smallest absolute Gasteiger partial charge is 0.320 e. The zero-order valence-corrected chi connectivity index (χ0v) is 9.07. The van der Waals surface area contributed by atoms with Crippen molar-refractivity contribution in [3.8, 4) is 0 Å². The van der Waals surface area contributed by atoms with Gasteiger partial charge in [-0.2, -0.15) is 0 Å². The number of nitrogens with two attached hydrogens (primary N) is 1. The van der Waals surface area contributed by atoms with Gasteiger partial charge in [-0.25, -0.2) is 0 Å². The Hall–Kier alpha value is -0.940. The average molecular weight is 217 g/mol. The fraction of sp³-hybridized carbons (Fsp3) is 0.800. The highest BCUT2D eigenvalue weighted by atomic mass is 16.5. The Balaban J connectivity index is 3.45. The van der Waals surface area contributed by atoms with Gasteiger partial charge in [0.05, 0.1) is 0 Å². The second-order valence-corrected chi connectivity index (χ2v) is 3.45. The van der Waals surface area contributed by atoms with Crippen LogP contribution in [0.5, 0.6) is 0 Å². The van der Waals surface area contributed by atoms with Crippen LogP contribution in [0.1, 0.15) is 32.6 Å². The topological polar surface area (TPSA) is 89.6 Å². The number of ether oxygens (including phenoxy) is 1. The van der Waals surface area contributed by atoms with Crippen molar-refractivity contribution in [2.24, 2.45) is 5.73 Å². The van der Waals surface area contributed by atoms with Gasteiger partial charge in [-0.3, -0.25) is 9.59 Å². The molecule has 0 aliphatic carbocycles.